The molecule has 0 fully saturated rings. The number of hydrogen-bond acceptors (Lipinski definition) is 6. The van der Waals surface area contributed by atoms with Gasteiger partial charge in [-0.25, -0.2) is 14.3 Å². The number of nitrogens with zero attached hydrogens (tertiary/aromatic N) is 7. The maximum Gasteiger partial charge on any atom is 0.319 e. The van der Waals surface area contributed by atoms with E-state index in [9.17, 15) is 8.78 Å². The van der Waals surface area contributed by atoms with Gasteiger partial charge >= 0.3 is 6.55 Å². The van der Waals surface area contributed by atoms with Gasteiger partial charge in [0.1, 0.15) is 5.82 Å². The summed E-state index contributed by atoms with van der Waals surface area (Å²) in [5.41, 5.74) is 1.70. The van der Waals surface area contributed by atoms with Gasteiger partial charge in [0.05, 0.1) is 11.4 Å². The maximum absolute atomic E-state index is 12.8. The molecule has 0 aromatic carbocycles. The van der Waals surface area contributed by atoms with Crippen LogP contribution in [0.5, 0.6) is 0 Å². The van der Waals surface area contributed by atoms with Crippen LogP contribution in [-0.4, -0.2) is 34.2 Å². The zero-order valence-electron chi connectivity index (χ0n) is 12.4. The minimum absolute atomic E-state index is 0.198. The number of nitrogens with two attached hydrogens (primary N) is 1. The minimum atomic E-state index is -2.63. The van der Waals surface area contributed by atoms with E-state index in [-0.39, 0.29) is 11.6 Å². The maximum atomic E-state index is 12.8. The fraction of sp³-hybridized carbons (Fsp3) is 0.333. The van der Waals surface area contributed by atoms with Crippen molar-refractivity contribution in [2.24, 2.45) is 0 Å². The smallest absolute Gasteiger partial charge is 0.319 e. The monoisotopic (exact) mass is 340 g/mol. The molecular formula is C12H14F2N8S. The van der Waals surface area contributed by atoms with Crippen LogP contribution >= 0.6 is 11.8 Å². The van der Waals surface area contributed by atoms with Crippen LogP contribution in [0.25, 0.3) is 5.95 Å². The number of imidazole rings is 1. The number of hydrogen-bond donors (Lipinski definition) is 1. The van der Waals surface area contributed by atoms with Gasteiger partial charge in [-0.2, -0.15) is 13.9 Å². The van der Waals surface area contributed by atoms with Crippen molar-refractivity contribution in [1.29, 1.82) is 0 Å². The van der Waals surface area contributed by atoms with Crippen molar-refractivity contribution in [1.82, 2.24) is 34.2 Å². The van der Waals surface area contributed by atoms with Gasteiger partial charge in [0.2, 0.25) is 5.16 Å². The van der Waals surface area contributed by atoms with Crippen LogP contribution in [0, 0.1) is 13.8 Å². The van der Waals surface area contributed by atoms with E-state index < -0.39 is 6.55 Å². The fourth-order valence-corrected chi connectivity index (χ4v) is 2.91. The summed E-state index contributed by atoms with van der Waals surface area (Å²) in [5, 5.41) is 12.7. The summed E-state index contributed by atoms with van der Waals surface area (Å²) < 4.78 is 29.2. The highest BCUT2D eigenvalue weighted by atomic mass is 32.2. The molecule has 0 bridgehead atoms. The first-order valence-corrected chi connectivity index (χ1v) is 7.62. The van der Waals surface area contributed by atoms with Crippen molar-refractivity contribution in [3.63, 3.8) is 0 Å². The second-order valence-electron chi connectivity index (χ2n) is 4.81. The summed E-state index contributed by atoms with van der Waals surface area (Å²) in [6.07, 6.45) is 2.56. The Morgan fingerprint density at radius 2 is 2.09 bits per heavy atom. The van der Waals surface area contributed by atoms with E-state index in [1.807, 2.05) is 19.9 Å². The lowest BCUT2D eigenvalue weighted by molar-refractivity contribution is 0.0678. The van der Waals surface area contributed by atoms with Gasteiger partial charge in [0, 0.05) is 18.1 Å². The molecule has 11 heteroatoms. The fourth-order valence-electron chi connectivity index (χ4n) is 2.11. The van der Waals surface area contributed by atoms with E-state index in [1.165, 1.54) is 28.8 Å². The van der Waals surface area contributed by atoms with E-state index >= 15 is 0 Å². The molecule has 0 aliphatic carbocycles. The third-order valence-electron chi connectivity index (χ3n) is 3.14. The Balaban J connectivity index is 1.80. The first-order chi connectivity index (χ1) is 11.0. The van der Waals surface area contributed by atoms with Crippen LogP contribution in [0.15, 0.2) is 23.6 Å². The van der Waals surface area contributed by atoms with Crippen LogP contribution in [0.1, 0.15) is 23.8 Å². The number of aryl methyl sites for hydroxylation is 2. The van der Waals surface area contributed by atoms with E-state index in [0.29, 0.717) is 11.1 Å². The van der Waals surface area contributed by atoms with Gasteiger partial charge in [0.25, 0.3) is 5.95 Å². The molecule has 0 radical (unpaired) electrons. The topological polar surface area (TPSA) is 92.4 Å². The molecule has 0 spiro atoms. The molecule has 0 saturated carbocycles. The third-order valence-corrected chi connectivity index (χ3v) is 4.07. The number of halogens is 2. The predicted octanol–water partition coefficient (Wildman–Crippen LogP) is 1.68. The van der Waals surface area contributed by atoms with E-state index in [1.54, 1.807) is 4.68 Å². The van der Waals surface area contributed by atoms with Crippen LogP contribution in [-0.2, 0) is 5.75 Å². The molecule has 0 unspecified atom stereocenters. The van der Waals surface area contributed by atoms with Crippen LogP contribution in [0.3, 0.4) is 0 Å². The van der Waals surface area contributed by atoms with Crippen molar-refractivity contribution in [2.45, 2.75) is 31.3 Å². The highest BCUT2D eigenvalue weighted by Crippen LogP contribution is 2.23. The molecule has 0 aliphatic rings. The van der Waals surface area contributed by atoms with Crippen LogP contribution < -0.4 is 5.84 Å². The van der Waals surface area contributed by atoms with Crippen molar-refractivity contribution >= 4 is 11.8 Å². The lowest BCUT2D eigenvalue weighted by atomic mass is 10.4. The summed E-state index contributed by atoms with van der Waals surface area (Å²) in [5.74, 6) is 6.78. The molecule has 122 valence electrons. The molecule has 0 amide bonds. The van der Waals surface area contributed by atoms with Crippen molar-refractivity contribution < 1.29 is 8.78 Å². The Morgan fingerprint density at radius 3 is 2.74 bits per heavy atom. The SMILES string of the molecule is Cc1cc(C)n(-c2nnc(SCc3nccn3C(F)F)n2N)n1. The minimum Gasteiger partial charge on any atom is -0.334 e. The van der Waals surface area contributed by atoms with E-state index in [4.69, 9.17) is 5.84 Å². The third kappa shape index (κ3) is 2.91. The second kappa shape index (κ2) is 5.99. The van der Waals surface area contributed by atoms with Crippen LogP contribution in [0.4, 0.5) is 8.78 Å². The van der Waals surface area contributed by atoms with E-state index in [0.717, 1.165) is 16.0 Å². The summed E-state index contributed by atoms with van der Waals surface area (Å²) in [6, 6.07) is 1.89. The van der Waals surface area contributed by atoms with Gasteiger partial charge in [-0.1, -0.05) is 11.8 Å². The number of rotatable bonds is 5. The van der Waals surface area contributed by atoms with Gasteiger partial charge in [0.15, 0.2) is 0 Å². The standard InChI is InChI=1S/C12H14F2N8S/c1-7-5-8(2)22(19-7)11-17-18-12(21(11)15)23-6-9-16-3-4-20(9)10(13)14/h3-5,10H,6,15H2,1-2H3. The average Bonchev–Trinajstić information content (AvgIpc) is 3.16. The molecule has 8 nitrogen and oxygen atoms in total. The molecule has 3 rings (SSSR count). The quantitative estimate of drug-likeness (QED) is 0.561. The lowest BCUT2D eigenvalue weighted by Gasteiger charge is -2.06. The normalized spacial score (nSPS) is 11.5. The van der Waals surface area contributed by atoms with Crippen molar-refractivity contribution in [2.75, 3.05) is 5.84 Å². The van der Waals surface area contributed by atoms with Crippen molar-refractivity contribution in [3.05, 3.63) is 35.7 Å². The van der Waals surface area contributed by atoms with Gasteiger partial charge < -0.3 is 5.84 Å². The predicted molar refractivity (Wildman–Crippen MR) is 79.8 cm³/mol. The zero-order chi connectivity index (χ0) is 16.6. The Kier molecular flexibility index (Phi) is 4.03. The van der Waals surface area contributed by atoms with E-state index in [2.05, 4.69) is 20.3 Å². The molecular weight excluding hydrogens is 326 g/mol. The molecule has 0 saturated heterocycles. The lowest BCUT2D eigenvalue weighted by Crippen LogP contribution is -2.17. The average molecular weight is 340 g/mol. The van der Waals surface area contributed by atoms with Gasteiger partial charge in [-0.15, -0.1) is 10.2 Å². The summed E-state index contributed by atoms with van der Waals surface area (Å²) in [4.78, 5) is 3.91. The van der Waals surface area contributed by atoms with Gasteiger partial charge in [-0.3, -0.25) is 4.57 Å². The number of thioether (sulfide) groups is 1. The highest BCUT2D eigenvalue weighted by molar-refractivity contribution is 7.98. The van der Waals surface area contributed by atoms with Gasteiger partial charge in [-0.05, 0) is 19.9 Å². The first-order valence-electron chi connectivity index (χ1n) is 6.64. The highest BCUT2D eigenvalue weighted by Gasteiger charge is 2.17. The first kappa shape index (κ1) is 15.5. The number of nitrogen functional groups attached to an aromatic ring is 1. The molecule has 0 aliphatic heterocycles. The summed E-state index contributed by atoms with van der Waals surface area (Å²) in [6.45, 7) is 1.11. The largest absolute Gasteiger partial charge is 0.334 e. The second-order valence-corrected chi connectivity index (χ2v) is 5.75. The molecule has 3 heterocycles. The number of aromatic nitrogens is 7. The number of alkyl halides is 2. The van der Waals surface area contributed by atoms with Crippen LogP contribution in [0.2, 0.25) is 0 Å². The molecule has 0 atom stereocenters. The zero-order valence-corrected chi connectivity index (χ0v) is 13.2. The Bertz CT molecular complexity index is 821. The Morgan fingerprint density at radius 1 is 1.30 bits per heavy atom. The Labute approximate surface area is 134 Å². The Hall–Kier alpha value is -2.43. The molecule has 3 aromatic rings. The summed E-state index contributed by atoms with van der Waals surface area (Å²) >= 11 is 1.17. The summed E-state index contributed by atoms with van der Waals surface area (Å²) in [7, 11) is 0. The van der Waals surface area contributed by atoms with Crippen molar-refractivity contribution in [3.8, 4) is 5.95 Å². The molecule has 3 aromatic heterocycles. The molecule has 23 heavy (non-hydrogen) atoms. The molecule has 2 N–H and O–H groups in total.